The summed E-state index contributed by atoms with van der Waals surface area (Å²) in [5.41, 5.74) is 5.00. The number of rotatable bonds is 11. The zero-order valence-electron chi connectivity index (χ0n) is 29.5. The Kier molecular flexibility index (Phi) is 9.33. The van der Waals surface area contributed by atoms with Crippen molar-refractivity contribution in [3.05, 3.63) is 90.1 Å². The second-order valence-corrected chi connectivity index (χ2v) is 13.7. The number of amides is 5. The van der Waals surface area contributed by atoms with Crippen LogP contribution in [0.25, 0.3) is 16.9 Å². The van der Waals surface area contributed by atoms with Crippen molar-refractivity contribution < 1.29 is 28.7 Å². The third kappa shape index (κ3) is 6.90. The lowest BCUT2D eigenvalue weighted by atomic mass is 10.0. The maximum absolute atomic E-state index is 13.1. The van der Waals surface area contributed by atoms with Crippen LogP contribution in [-0.4, -0.2) is 102 Å². The maximum atomic E-state index is 13.1. The first-order valence-corrected chi connectivity index (χ1v) is 17.9. The number of imide groups is 2. The number of carbonyl (C=O) groups excluding carboxylic acids is 5. The predicted molar refractivity (Wildman–Crippen MR) is 195 cm³/mol. The van der Waals surface area contributed by atoms with Crippen LogP contribution in [0.3, 0.4) is 0 Å². The Balaban J connectivity index is 0.780. The largest absolute Gasteiger partial charge is 0.484 e. The normalized spacial score (nSPS) is 17.9. The summed E-state index contributed by atoms with van der Waals surface area (Å²) in [5.74, 6) is -1.78. The minimum absolute atomic E-state index is 0.0388. The molecule has 5 amide bonds. The number of ether oxygens (including phenoxy) is 1. The van der Waals surface area contributed by atoms with E-state index in [0.29, 0.717) is 18.9 Å². The van der Waals surface area contributed by atoms with Crippen molar-refractivity contribution in [1.29, 1.82) is 0 Å². The molecule has 5 aromatic rings. The molecule has 3 aliphatic rings. The van der Waals surface area contributed by atoms with Crippen molar-refractivity contribution in [3.63, 3.8) is 0 Å². The van der Waals surface area contributed by atoms with Crippen LogP contribution in [-0.2, 0) is 14.4 Å². The fourth-order valence-corrected chi connectivity index (χ4v) is 7.26. The van der Waals surface area contributed by atoms with Crippen LogP contribution in [0.1, 0.15) is 58.0 Å². The molecular weight excluding hydrogens is 692 g/mol. The van der Waals surface area contributed by atoms with Gasteiger partial charge in [-0.05, 0) is 50.5 Å². The highest BCUT2D eigenvalue weighted by Crippen LogP contribution is 2.31. The SMILES string of the molecule is Cc1cccc(-c2cnc(Nc3cnn(C4CCN(CCNC(=O)COc5ccc6c(c5)C(=O)N(C5CCC(=O)NC5=O)C6=O)CC4)c3)c3nccn23)c1. The van der Waals surface area contributed by atoms with Crippen LogP contribution in [0.5, 0.6) is 5.75 Å². The molecule has 0 saturated carbocycles. The van der Waals surface area contributed by atoms with Gasteiger partial charge in [-0.25, -0.2) is 9.97 Å². The van der Waals surface area contributed by atoms with E-state index >= 15 is 0 Å². The standard InChI is InChI=1S/C38H38N10O6/c1-23-3-2-4-24(17-23)31-20-41-34(35-40-12-16-46(31)35)43-25-19-42-47(21-25)26-9-13-45(14-10-26)15-11-39-33(50)22-54-27-5-6-28-29(18-27)38(53)48(37(28)52)30-7-8-32(49)44-36(30)51/h2-6,12,16-21,26,30H,7-11,13-15,22H2,1H3,(H,39,50)(H,41,43)(H,44,49,51). The summed E-state index contributed by atoms with van der Waals surface area (Å²) in [6.45, 7) is 4.63. The van der Waals surface area contributed by atoms with E-state index in [1.807, 2.05) is 33.7 Å². The van der Waals surface area contributed by atoms with Gasteiger partial charge in [-0.2, -0.15) is 5.10 Å². The number of hydrogen-bond acceptors (Lipinski definition) is 11. The van der Waals surface area contributed by atoms with Gasteiger partial charge in [0.05, 0.1) is 40.9 Å². The number of fused-ring (bicyclic) bond motifs is 2. The molecule has 54 heavy (non-hydrogen) atoms. The van der Waals surface area contributed by atoms with Crippen LogP contribution in [0.4, 0.5) is 11.5 Å². The Bertz CT molecular complexity index is 2290. The third-order valence-corrected chi connectivity index (χ3v) is 10.1. The molecule has 16 heteroatoms. The molecule has 0 radical (unpaired) electrons. The van der Waals surface area contributed by atoms with Crippen molar-refractivity contribution in [3.8, 4) is 17.0 Å². The highest BCUT2D eigenvalue weighted by Gasteiger charge is 2.44. The zero-order chi connectivity index (χ0) is 37.3. The Hall–Kier alpha value is -6.42. The maximum Gasteiger partial charge on any atom is 0.262 e. The monoisotopic (exact) mass is 730 g/mol. The molecule has 6 heterocycles. The molecule has 0 bridgehead atoms. The topological polar surface area (TPSA) is 185 Å². The summed E-state index contributed by atoms with van der Waals surface area (Å²) >= 11 is 0. The fraction of sp³-hybridized carbons (Fsp3) is 0.316. The van der Waals surface area contributed by atoms with Gasteiger partial charge in [0, 0.05) is 56.8 Å². The molecule has 2 fully saturated rings. The van der Waals surface area contributed by atoms with Crippen molar-refractivity contribution in [2.75, 3.05) is 38.1 Å². The summed E-state index contributed by atoms with van der Waals surface area (Å²) in [7, 11) is 0. The van der Waals surface area contributed by atoms with E-state index < -0.39 is 29.7 Å². The Morgan fingerprint density at radius 1 is 0.981 bits per heavy atom. The molecule has 2 aromatic carbocycles. The first-order valence-electron chi connectivity index (χ1n) is 17.9. The van der Waals surface area contributed by atoms with Gasteiger partial charge >= 0.3 is 0 Å². The van der Waals surface area contributed by atoms with Gasteiger partial charge in [-0.3, -0.25) is 43.3 Å². The van der Waals surface area contributed by atoms with Crippen molar-refractivity contribution in [2.24, 2.45) is 0 Å². The minimum Gasteiger partial charge on any atom is -0.484 e. The van der Waals surface area contributed by atoms with Gasteiger partial charge in [-0.15, -0.1) is 0 Å². The number of imidazole rings is 1. The minimum atomic E-state index is -1.05. The van der Waals surface area contributed by atoms with Gasteiger partial charge < -0.3 is 20.3 Å². The molecule has 3 aromatic heterocycles. The molecule has 1 atom stereocenters. The smallest absolute Gasteiger partial charge is 0.262 e. The second-order valence-electron chi connectivity index (χ2n) is 13.7. The number of aryl methyl sites for hydroxylation is 1. The molecule has 1 unspecified atom stereocenters. The zero-order valence-corrected chi connectivity index (χ0v) is 29.5. The summed E-state index contributed by atoms with van der Waals surface area (Å²) in [6, 6.07) is 11.8. The molecule has 276 valence electrons. The van der Waals surface area contributed by atoms with E-state index in [9.17, 15) is 24.0 Å². The number of aromatic nitrogens is 5. The van der Waals surface area contributed by atoms with Crippen molar-refractivity contribution >= 4 is 46.7 Å². The Labute approximate surface area is 309 Å². The lowest BCUT2D eigenvalue weighted by Gasteiger charge is -2.32. The fourth-order valence-electron chi connectivity index (χ4n) is 7.26. The molecule has 3 N–H and O–H groups in total. The summed E-state index contributed by atoms with van der Waals surface area (Å²) in [5, 5.41) is 13.1. The predicted octanol–water partition coefficient (Wildman–Crippen LogP) is 2.88. The summed E-state index contributed by atoms with van der Waals surface area (Å²) in [4.78, 5) is 74.8. The number of nitrogens with zero attached hydrogens (tertiary/aromatic N) is 7. The van der Waals surface area contributed by atoms with E-state index in [4.69, 9.17) is 9.72 Å². The average Bonchev–Trinajstić information content (AvgIpc) is 3.91. The first-order chi connectivity index (χ1) is 26.2. The van der Waals surface area contributed by atoms with E-state index in [1.54, 1.807) is 12.4 Å². The molecular formula is C38H38N10O6. The highest BCUT2D eigenvalue weighted by molar-refractivity contribution is 6.23. The number of carbonyl (C=O) groups is 5. The van der Waals surface area contributed by atoms with E-state index in [1.165, 1.54) is 23.8 Å². The lowest BCUT2D eigenvalue weighted by Crippen LogP contribution is -2.54. The van der Waals surface area contributed by atoms with Crippen LogP contribution in [0.15, 0.2) is 73.4 Å². The Morgan fingerprint density at radius 2 is 1.81 bits per heavy atom. The third-order valence-electron chi connectivity index (χ3n) is 10.1. The van der Waals surface area contributed by atoms with Gasteiger partial charge in [0.2, 0.25) is 11.8 Å². The number of benzene rings is 2. The Morgan fingerprint density at radius 3 is 2.63 bits per heavy atom. The van der Waals surface area contributed by atoms with Gasteiger partial charge in [0.1, 0.15) is 11.8 Å². The quantitative estimate of drug-likeness (QED) is 0.170. The summed E-state index contributed by atoms with van der Waals surface area (Å²) < 4.78 is 9.65. The van der Waals surface area contributed by atoms with Crippen LogP contribution in [0, 0.1) is 6.92 Å². The van der Waals surface area contributed by atoms with Gasteiger partial charge in [-0.1, -0.05) is 23.8 Å². The van der Waals surface area contributed by atoms with E-state index in [0.717, 1.165) is 53.4 Å². The molecule has 0 aliphatic carbocycles. The molecule has 16 nitrogen and oxygen atoms in total. The van der Waals surface area contributed by atoms with Gasteiger partial charge in [0.25, 0.3) is 17.7 Å². The second kappa shape index (κ2) is 14.5. The van der Waals surface area contributed by atoms with Crippen molar-refractivity contribution in [2.45, 2.75) is 44.7 Å². The lowest BCUT2D eigenvalue weighted by molar-refractivity contribution is -0.136. The molecule has 0 spiro atoms. The average molecular weight is 731 g/mol. The van der Waals surface area contributed by atoms with E-state index in [-0.39, 0.29) is 48.3 Å². The number of nitrogens with one attached hydrogen (secondary N) is 3. The molecule has 8 rings (SSSR count). The van der Waals surface area contributed by atoms with Crippen LogP contribution in [0.2, 0.25) is 0 Å². The number of anilines is 2. The van der Waals surface area contributed by atoms with E-state index in [2.05, 4.69) is 56.1 Å². The summed E-state index contributed by atoms with van der Waals surface area (Å²) in [6.07, 6.45) is 11.3. The number of piperidine rings is 2. The highest BCUT2D eigenvalue weighted by atomic mass is 16.5. The molecule has 3 aliphatic heterocycles. The van der Waals surface area contributed by atoms with Crippen molar-refractivity contribution in [1.82, 2.24) is 44.6 Å². The van der Waals surface area contributed by atoms with Crippen LogP contribution < -0.4 is 20.7 Å². The number of likely N-dealkylation sites (tertiary alicyclic amines) is 1. The first kappa shape index (κ1) is 34.7. The molecule has 2 saturated heterocycles. The number of hydrogen-bond donors (Lipinski definition) is 3. The van der Waals surface area contributed by atoms with Gasteiger partial charge in [0.15, 0.2) is 18.1 Å². The van der Waals surface area contributed by atoms with Crippen LogP contribution >= 0.6 is 0 Å².